The van der Waals surface area contributed by atoms with Crippen LogP contribution in [0, 0.1) is 0 Å². The third kappa shape index (κ3) is 3.46. The van der Waals surface area contributed by atoms with Crippen LogP contribution in [0.25, 0.3) is 0 Å². The first-order valence-electron chi connectivity index (χ1n) is 5.74. The Morgan fingerprint density at radius 3 is 2.65 bits per heavy atom. The number of anilines is 2. The van der Waals surface area contributed by atoms with E-state index in [1.54, 1.807) is 6.92 Å². The molecule has 4 nitrogen and oxygen atoms in total. The molecule has 0 aliphatic rings. The lowest BCUT2D eigenvalue weighted by Gasteiger charge is -2.22. The summed E-state index contributed by atoms with van der Waals surface area (Å²) >= 11 is 0. The third-order valence-electron chi connectivity index (χ3n) is 2.87. The van der Waals surface area contributed by atoms with Crippen molar-refractivity contribution in [2.45, 2.75) is 25.8 Å². The second kappa shape index (κ2) is 5.19. The number of nitrogens with zero attached hydrogens (tertiary/aromatic N) is 1. The SMILES string of the molecule is CCC(C)(N)C(=O)Nc1cccc(N(C)C)c1. The van der Waals surface area contributed by atoms with E-state index in [0.29, 0.717) is 6.42 Å². The molecule has 1 rings (SSSR count). The molecule has 0 saturated heterocycles. The molecule has 3 N–H and O–H groups in total. The quantitative estimate of drug-likeness (QED) is 0.837. The monoisotopic (exact) mass is 235 g/mol. The van der Waals surface area contributed by atoms with Gasteiger partial charge in [0.25, 0.3) is 0 Å². The first-order chi connectivity index (χ1) is 7.86. The molecule has 1 aromatic rings. The summed E-state index contributed by atoms with van der Waals surface area (Å²) in [6.45, 7) is 3.63. The molecule has 17 heavy (non-hydrogen) atoms. The molecular formula is C13H21N3O. The number of benzene rings is 1. The molecule has 0 radical (unpaired) electrons. The first-order valence-corrected chi connectivity index (χ1v) is 5.74. The molecule has 1 aromatic carbocycles. The maximum atomic E-state index is 11.9. The van der Waals surface area contributed by atoms with Gasteiger partial charge in [-0.2, -0.15) is 0 Å². The lowest BCUT2D eigenvalue weighted by atomic mass is 9.99. The molecule has 0 spiro atoms. The Balaban J connectivity index is 2.82. The highest BCUT2D eigenvalue weighted by atomic mass is 16.2. The summed E-state index contributed by atoms with van der Waals surface area (Å²) in [7, 11) is 3.92. The summed E-state index contributed by atoms with van der Waals surface area (Å²) in [4.78, 5) is 13.9. The van der Waals surface area contributed by atoms with Crippen LogP contribution in [0.3, 0.4) is 0 Å². The highest BCUT2D eigenvalue weighted by Crippen LogP contribution is 2.18. The maximum absolute atomic E-state index is 11.9. The number of hydrogen-bond donors (Lipinski definition) is 2. The van der Waals surface area contributed by atoms with Crippen LogP contribution in [0.4, 0.5) is 11.4 Å². The molecule has 0 aromatic heterocycles. The standard InChI is InChI=1S/C13H21N3O/c1-5-13(2,14)12(17)15-10-7-6-8-11(9-10)16(3)4/h6-9H,5,14H2,1-4H3,(H,15,17). The van der Waals surface area contributed by atoms with Gasteiger partial charge in [-0.25, -0.2) is 0 Å². The van der Waals surface area contributed by atoms with Gasteiger partial charge in [0, 0.05) is 25.5 Å². The largest absolute Gasteiger partial charge is 0.378 e. The van der Waals surface area contributed by atoms with Gasteiger partial charge in [0.1, 0.15) is 0 Å². The number of rotatable bonds is 4. The van der Waals surface area contributed by atoms with Gasteiger partial charge in [-0.1, -0.05) is 13.0 Å². The fourth-order valence-electron chi connectivity index (χ4n) is 1.30. The summed E-state index contributed by atoms with van der Waals surface area (Å²) in [6.07, 6.45) is 0.603. The fourth-order valence-corrected chi connectivity index (χ4v) is 1.30. The Hall–Kier alpha value is -1.55. The van der Waals surface area contributed by atoms with Crippen molar-refractivity contribution in [3.05, 3.63) is 24.3 Å². The van der Waals surface area contributed by atoms with Gasteiger partial charge in [-0.05, 0) is 31.5 Å². The van der Waals surface area contributed by atoms with Gasteiger partial charge in [0.05, 0.1) is 5.54 Å². The molecule has 0 aliphatic heterocycles. The number of hydrogen-bond acceptors (Lipinski definition) is 3. The predicted molar refractivity (Wildman–Crippen MR) is 72.3 cm³/mol. The van der Waals surface area contributed by atoms with Crippen LogP contribution in [-0.4, -0.2) is 25.5 Å². The van der Waals surface area contributed by atoms with Crippen molar-refractivity contribution in [3.8, 4) is 0 Å². The van der Waals surface area contributed by atoms with Gasteiger partial charge < -0.3 is 16.0 Å². The molecule has 0 heterocycles. The highest BCUT2D eigenvalue weighted by Gasteiger charge is 2.25. The Morgan fingerprint density at radius 1 is 1.47 bits per heavy atom. The number of nitrogens with one attached hydrogen (secondary N) is 1. The highest BCUT2D eigenvalue weighted by molar-refractivity contribution is 5.97. The van der Waals surface area contributed by atoms with E-state index in [4.69, 9.17) is 5.73 Å². The van der Waals surface area contributed by atoms with Gasteiger partial charge in [-0.3, -0.25) is 4.79 Å². The van der Waals surface area contributed by atoms with Crippen molar-refractivity contribution < 1.29 is 4.79 Å². The zero-order chi connectivity index (χ0) is 13.1. The van der Waals surface area contributed by atoms with Crippen LogP contribution in [0.15, 0.2) is 24.3 Å². The van der Waals surface area contributed by atoms with Crippen LogP contribution in [0.1, 0.15) is 20.3 Å². The lowest BCUT2D eigenvalue weighted by Crippen LogP contribution is -2.47. The summed E-state index contributed by atoms with van der Waals surface area (Å²) in [6, 6.07) is 7.67. The van der Waals surface area contributed by atoms with E-state index < -0.39 is 5.54 Å². The molecule has 0 saturated carbocycles. The van der Waals surface area contributed by atoms with E-state index in [9.17, 15) is 4.79 Å². The molecule has 0 bridgehead atoms. The smallest absolute Gasteiger partial charge is 0.244 e. The normalized spacial score (nSPS) is 13.9. The molecule has 1 amide bonds. The number of nitrogens with two attached hydrogens (primary N) is 1. The molecular weight excluding hydrogens is 214 g/mol. The van der Waals surface area contributed by atoms with E-state index in [1.165, 1.54) is 0 Å². The zero-order valence-electron chi connectivity index (χ0n) is 10.9. The van der Waals surface area contributed by atoms with Crippen LogP contribution in [0.2, 0.25) is 0 Å². The minimum Gasteiger partial charge on any atom is -0.378 e. The van der Waals surface area contributed by atoms with Crippen molar-refractivity contribution in [1.29, 1.82) is 0 Å². The van der Waals surface area contributed by atoms with E-state index in [-0.39, 0.29) is 5.91 Å². The Kier molecular flexibility index (Phi) is 4.12. The Labute approximate surface area is 103 Å². The molecule has 0 aliphatic carbocycles. The van der Waals surface area contributed by atoms with E-state index in [0.717, 1.165) is 11.4 Å². The second-order valence-electron chi connectivity index (χ2n) is 4.67. The number of carbonyl (C=O) groups is 1. The van der Waals surface area contributed by atoms with Crippen molar-refractivity contribution in [1.82, 2.24) is 0 Å². The minimum atomic E-state index is -0.825. The summed E-state index contributed by atoms with van der Waals surface area (Å²) in [5.74, 6) is -0.157. The van der Waals surface area contributed by atoms with Crippen LogP contribution in [0.5, 0.6) is 0 Å². The summed E-state index contributed by atoms with van der Waals surface area (Å²) in [5, 5.41) is 2.84. The predicted octanol–water partition coefficient (Wildman–Crippen LogP) is 1.82. The lowest BCUT2D eigenvalue weighted by molar-refractivity contribution is -0.120. The van der Waals surface area contributed by atoms with Gasteiger partial charge in [0.15, 0.2) is 0 Å². The topological polar surface area (TPSA) is 58.4 Å². The van der Waals surface area contributed by atoms with E-state index in [1.807, 2.05) is 50.2 Å². The maximum Gasteiger partial charge on any atom is 0.244 e. The number of amides is 1. The van der Waals surface area contributed by atoms with E-state index >= 15 is 0 Å². The number of carbonyl (C=O) groups excluding carboxylic acids is 1. The minimum absolute atomic E-state index is 0.157. The fraction of sp³-hybridized carbons (Fsp3) is 0.462. The van der Waals surface area contributed by atoms with Crippen LogP contribution < -0.4 is 16.0 Å². The summed E-state index contributed by atoms with van der Waals surface area (Å²) < 4.78 is 0. The molecule has 4 heteroatoms. The van der Waals surface area contributed by atoms with Crippen molar-refractivity contribution in [2.75, 3.05) is 24.3 Å². The molecule has 1 unspecified atom stereocenters. The van der Waals surface area contributed by atoms with E-state index in [2.05, 4.69) is 5.32 Å². The molecule has 1 atom stereocenters. The van der Waals surface area contributed by atoms with Gasteiger partial charge >= 0.3 is 0 Å². The van der Waals surface area contributed by atoms with Crippen LogP contribution in [-0.2, 0) is 4.79 Å². The summed E-state index contributed by atoms with van der Waals surface area (Å²) in [5.41, 5.74) is 6.87. The Morgan fingerprint density at radius 2 is 2.12 bits per heavy atom. The molecule has 0 fully saturated rings. The van der Waals surface area contributed by atoms with Gasteiger partial charge in [0.2, 0.25) is 5.91 Å². The van der Waals surface area contributed by atoms with Crippen molar-refractivity contribution >= 4 is 17.3 Å². The zero-order valence-corrected chi connectivity index (χ0v) is 10.9. The average molecular weight is 235 g/mol. The first kappa shape index (κ1) is 13.5. The van der Waals surface area contributed by atoms with Crippen molar-refractivity contribution in [3.63, 3.8) is 0 Å². The molecule has 94 valence electrons. The van der Waals surface area contributed by atoms with Gasteiger partial charge in [-0.15, -0.1) is 0 Å². The second-order valence-corrected chi connectivity index (χ2v) is 4.67. The average Bonchev–Trinajstić information content (AvgIpc) is 2.29. The third-order valence-corrected chi connectivity index (χ3v) is 2.87. The Bertz CT molecular complexity index is 399. The van der Waals surface area contributed by atoms with Crippen LogP contribution >= 0.6 is 0 Å². The van der Waals surface area contributed by atoms with Crippen molar-refractivity contribution in [2.24, 2.45) is 5.73 Å².